The summed E-state index contributed by atoms with van der Waals surface area (Å²) < 4.78 is 37.5. The number of halogens is 3. The first kappa shape index (κ1) is 12.6. The summed E-state index contributed by atoms with van der Waals surface area (Å²) in [6, 6.07) is 10.7. The van der Waals surface area contributed by atoms with Crippen molar-refractivity contribution in [3.63, 3.8) is 0 Å². The minimum atomic E-state index is -4.33. The number of aromatic nitrogens is 1. The van der Waals surface area contributed by atoms with Gasteiger partial charge >= 0.3 is 6.18 Å². The van der Waals surface area contributed by atoms with E-state index in [0.29, 0.717) is 17.7 Å². The standard InChI is InChI=1S/C14H12F3N/c1-10-7-12(14(15,16)17)9-18-13(10)8-11-5-3-2-4-6-11/h2-7,9H,8H2,1H3. The van der Waals surface area contributed by atoms with Crippen LogP contribution in [0.25, 0.3) is 0 Å². The lowest BCUT2D eigenvalue weighted by Gasteiger charge is -2.10. The van der Waals surface area contributed by atoms with Crippen LogP contribution < -0.4 is 0 Å². The van der Waals surface area contributed by atoms with Crippen molar-refractivity contribution < 1.29 is 13.2 Å². The van der Waals surface area contributed by atoms with E-state index in [1.54, 1.807) is 6.92 Å². The number of hydrogen-bond donors (Lipinski definition) is 0. The zero-order chi connectivity index (χ0) is 13.2. The number of benzene rings is 1. The third kappa shape index (κ3) is 2.88. The van der Waals surface area contributed by atoms with Crippen LogP contribution in [-0.4, -0.2) is 4.98 Å². The minimum absolute atomic E-state index is 0.546. The fourth-order valence-corrected chi connectivity index (χ4v) is 1.73. The van der Waals surface area contributed by atoms with Gasteiger partial charge in [0.1, 0.15) is 0 Å². The Morgan fingerprint density at radius 3 is 2.33 bits per heavy atom. The second-order valence-electron chi connectivity index (χ2n) is 4.15. The Labute approximate surface area is 103 Å². The van der Waals surface area contributed by atoms with E-state index in [0.717, 1.165) is 17.8 Å². The molecule has 0 aliphatic rings. The van der Waals surface area contributed by atoms with Crippen molar-refractivity contribution in [1.82, 2.24) is 4.98 Å². The predicted octanol–water partition coefficient (Wildman–Crippen LogP) is 4.00. The average Bonchev–Trinajstić information content (AvgIpc) is 2.32. The molecule has 2 rings (SSSR count). The molecule has 0 saturated heterocycles. The lowest BCUT2D eigenvalue weighted by atomic mass is 10.0. The summed E-state index contributed by atoms with van der Waals surface area (Å²) in [6.45, 7) is 1.65. The molecule has 2 aromatic rings. The molecule has 0 atom stereocenters. The summed E-state index contributed by atoms with van der Waals surface area (Å²) in [7, 11) is 0. The van der Waals surface area contributed by atoms with E-state index < -0.39 is 11.7 Å². The molecule has 0 fully saturated rings. The van der Waals surface area contributed by atoms with Crippen LogP contribution >= 0.6 is 0 Å². The summed E-state index contributed by atoms with van der Waals surface area (Å²) in [6.07, 6.45) is -2.89. The Balaban J connectivity index is 2.26. The number of pyridine rings is 1. The molecule has 0 saturated carbocycles. The van der Waals surface area contributed by atoms with Crippen LogP contribution in [0.15, 0.2) is 42.6 Å². The SMILES string of the molecule is Cc1cc(C(F)(F)F)cnc1Cc1ccccc1. The Morgan fingerprint density at radius 2 is 1.78 bits per heavy atom. The van der Waals surface area contributed by atoms with Gasteiger partial charge in [0.25, 0.3) is 0 Å². The van der Waals surface area contributed by atoms with Crippen LogP contribution in [0.2, 0.25) is 0 Å². The smallest absolute Gasteiger partial charge is 0.260 e. The Morgan fingerprint density at radius 1 is 1.11 bits per heavy atom. The zero-order valence-electron chi connectivity index (χ0n) is 9.83. The number of rotatable bonds is 2. The van der Waals surface area contributed by atoms with Gasteiger partial charge in [-0.2, -0.15) is 13.2 Å². The number of aryl methyl sites for hydroxylation is 1. The third-order valence-electron chi connectivity index (χ3n) is 2.73. The largest absolute Gasteiger partial charge is 0.417 e. The van der Waals surface area contributed by atoms with Crippen LogP contribution in [0, 0.1) is 6.92 Å². The molecule has 94 valence electrons. The van der Waals surface area contributed by atoms with Crippen molar-refractivity contribution in [2.45, 2.75) is 19.5 Å². The van der Waals surface area contributed by atoms with E-state index in [2.05, 4.69) is 4.98 Å². The van der Waals surface area contributed by atoms with Crippen LogP contribution in [-0.2, 0) is 12.6 Å². The lowest BCUT2D eigenvalue weighted by Crippen LogP contribution is -2.07. The second-order valence-corrected chi connectivity index (χ2v) is 4.15. The molecule has 0 amide bonds. The van der Waals surface area contributed by atoms with Crippen molar-refractivity contribution in [3.8, 4) is 0 Å². The zero-order valence-corrected chi connectivity index (χ0v) is 9.83. The number of nitrogens with zero attached hydrogens (tertiary/aromatic N) is 1. The molecular weight excluding hydrogens is 239 g/mol. The normalized spacial score (nSPS) is 11.6. The second kappa shape index (κ2) is 4.80. The minimum Gasteiger partial charge on any atom is -0.260 e. The fraction of sp³-hybridized carbons (Fsp3) is 0.214. The quantitative estimate of drug-likeness (QED) is 0.786. The third-order valence-corrected chi connectivity index (χ3v) is 2.73. The first-order chi connectivity index (χ1) is 8.47. The van der Waals surface area contributed by atoms with Gasteiger partial charge in [0.15, 0.2) is 0 Å². The molecule has 18 heavy (non-hydrogen) atoms. The van der Waals surface area contributed by atoms with Gasteiger partial charge in [0.2, 0.25) is 0 Å². The molecule has 0 radical (unpaired) electrons. The molecule has 4 heteroatoms. The van der Waals surface area contributed by atoms with E-state index in [4.69, 9.17) is 0 Å². The van der Waals surface area contributed by atoms with Crippen molar-refractivity contribution in [2.75, 3.05) is 0 Å². The van der Waals surface area contributed by atoms with Gasteiger partial charge in [-0.15, -0.1) is 0 Å². The number of hydrogen-bond acceptors (Lipinski definition) is 1. The molecule has 1 heterocycles. The Bertz CT molecular complexity index is 532. The van der Waals surface area contributed by atoms with Crippen molar-refractivity contribution in [3.05, 3.63) is 65.0 Å². The molecule has 0 unspecified atom stereocenters. The van der Waals surface area contributed by atoms with Gasteiger partial charge in [0.05, 0.1) is 5.56 Å². The van der Waals surface area contributed by atoms with Crippen LogP contribution in [0.1, 0.15) is 22.4 Å². The topological polar surface area (TPSA) is 12.9 Å². The molecule has 0 spiro atoms. The molecule has 1 aromatic heterocycles. The highest BCUT2D eigenvalue weighted by molar-refractivity contribution is 5.30. The molecule has 0 N–H and O–H groups in total. The molecule has 1 nitrogen and oxygen atoms in total. The first-order valence-electron chi connectivity index (χ1n) is 5.53. The van der Waals surface area contributed by atoms with Crippen LogP contribution in [0.5, 0.6) is 0 Å². The monoisotopic (exact) mass is 251 g/mol. The van der Waals surface area contributed by atoms with Crippen molar-refractivity contribution in [1.29, 1.82) is 0 Å². The van der Waals surface area contributed by atoms with E-state index >= 15 is 0 Å². The van der Waals surface area contributed by atoms with E-state index in [1.165, 1.54) is 0 Å². The number of alkyl halides is 3. The highest BCUT2D eigenvalue weighted by Crippen LogP contribution is 2.29. The average molecular weight is 251 g/mol. The summed E-state index contributed by atoms with van der Waals surface area (Å²) in [5.74, 6) is 0. The maximum absolute atomic E-state index is 12.5. The molecule has 0 aliphatic carbocycles. The maximum atomic E-state index is 12.5. The highest BCUT2D eigenvalue weighted by Gasteiger charge is 2.31. The van der Waals surface area contributed by atoms with Gasteiger partial charge in [-0.05, 0) is 24.1 Å². The van der Waals surface area contributed by atoms with Gasteiger partial charge < -0.3 is 0 Å². The molecule has 1 aromatic carbocycles. The summed E-state index contributed by atoms with van der Waals surface area (Å²) in [5.41, 5.74) is 1.58. The highest BCUT2D eigenvalue weighted by atomic mass is 19.4. The summed E-state index contributed by atoms with van der Waals surface area (Å²) in [5, 5.41) is 0. The van der Waals surface area contributed by atoms with Gasteiger partial charge in [-0.3, -0.25) is 4.98 Å². The molecule has 0 aliphatic heterocycles. The van der Waals surface area contributed by atoms with Gasteiger partial charge in [0, 0.05) is 18.3 Å². The summed E-state index contributed by atoms with van der Waals surface area (Å²) >= 11 is 0. The first-order valence-corrected chi connectivity index (χ1v) is 5.53. The van der Waals surface area contributed by atoms with E-state index in [-0.39, 0.29) is 0 Å². The van der Waals surface area contributed by atoms with Crippen LogP contribution in [0.4, 0.5) is 13.2 Å². The van der Waals surface area contributed by atoms with E-state index in [1.807, 2.05) is 30.3 Å². The van der Waals surface area contributed by atoms with Crippen molar-refractivity contribution in [2.24, 2.45) is 0 Å². The van der Waals surface area contributed by atoms with E-state index in [9.17, 15) is 13.2 Å². The summed E-state index contributed by atoms with van der Waals surface area (Å²) in [4.78, 5) is 3.92. The lowest BCUT2D eigenvalue weighted by molar-refractivity contribution is -0.137. The fourth-order valence-electron chi connectivity index (χ4n) is 1.73. The molecule has 0 bridgehead atoms. The maximum Gasteiger partial charge on any atom is 0.417 e. The van der Waals surface area contributed by atoms with Gasteiger partial charge in [-0.25, -0.2) is 0 Å². The van der Waals surface area contributed by atoms with Gasteiger partial charge in [-0.1, -0.05) is 30.3 Å². The van der Waals surface area contributed by atoms with Crippen molar-refractivity contribution >= 4 is 0 Å². The molecular formula is C14H12F3N. The Kier molecular flexibility index (Phi) is 3.36. The van der Waals surface area contributed by atoms with Crippen LogP contribution in [0.3, 0.4) is 0 Å². The Hall–Kier alpha value is -1.84. The predicted molar refractivity (Wildman–Crippen MR) is 63.2 cm³/mol.